The summed E-state index contributed by atoms with van der Waals surface area (Å²) in [5.74, 6) is -2.42. The van der Waals surface area contributed by atoms with Crippen LogP contribution in [0.3, 0.4) is 0 Å². The second-order valence-corrected chi connectivity index (χ2v) is 12.8. The van der Waals surface area contributed by atoms with E-state index in [4.69, 9.17) is 0 Å². The van der Waals surface area contributed by atoms with Crippen LogP contribution in [-0.2, 0) is 24.4 Å². The highest BCUT2D eigenvalue weighted by molar-refractivity contribution is 8.01. The molecule has 194 valence electrons. The van der Waals surface area contributed by atoms with Gasteiger partial charge in [-0.2, -0.15) is 0 Å². The van der Waals surface area contributed by atoms with Crippen molar-refractivity contribution in [2.24, 2.45) is 0 Å². The summed E-state index contributed by atoms with van der Waals surface area (Å²) >= 11 is 1.26. The van der Waals surface area contributed by atoms with Crippen LogP contribution in [0.2, 0.25) is 0 Å². The van der Waals surface area contributed by atoms with E-state index in [0.717, 1.165) is 6.26 Å². The predicted molar refractivity (Wildman–Crippen MR) is 127 cm³/mol. The number of carboxylic acid groups (broad SMARTS) is 1. The summed E-state index contributed by atoms with van der Waals surface area (Å²) in [6, 6.07) is 2.76. The minimum Gasteiger partial charge on any atom is -0.480 e. The van der Waals surface area contributed by atoms with Crippen molar-refractivity contribution in [1.82, 2.24) is 24.7 Å². The number of nitrogens with zero attached hydrogens (tertiary/aromatic N) is 3. The third-order valence-corrected chi connectivity index (χ3v) is 8.96. The van der Waals surface area contributed by atoms with Crippen LogP contribution in [0, 0.1) is 0 Å². The summed E-state index contributed by atoms with van der Waals surface area (Å²) in [6.07, 6.45) is 0.850. The normalized spacial score (nSPS) is 25.8. The summed E-state index contributed by atoms with van der Waals surface area (Å²) < 4.78 is 23.3. The highest BCUT2D eigenvalue weighted by Gasteiger charge is 2.64. The number of imide groups is 1. The molecule has 0 saturated carbocycles. The standard InChI is InChI=1S/C21H25N5O8S2/c1-21(2)14(18(29)30)26-16(28)13(17(26)35-21)22-15(27)12(11-7-5-4-6-8-11)23-19(31)24-9-10-25(20(24)32)36(3,33)34/h4-8,12-14,17H,9-10H2,1-3H3,(H,22,27)(H,23,31)(H,29,30)/t12-,13-,14-,17+/m0/s1. The zero-order valence-electron chi connectivity index (χ0n) is 19.6. The summed E-state index contributed by atoms with van der Waals surface area (Å²) in [6.45, 7) is 3.02. The lowest BCUT2D eigenvalue weighted by molar-refractivity contribution is -0.161. The lowest BCUT2D eigenvalue weighted by Gasteiger charge is -2.44. The number of hydrogen-bond donors (Lipinski definition) is 3. The fourth-order valence-electron chi connectivity index (χ4n) is 4.54. The number of carboxylic acids is 1. The molecule has 13 nitrogen and oxygen atoms in total. The van der Waals surface area contributed by atoms with Gasteiger partial charge in [0.1, 0.15) is 23.5 Å². The van der Waals surface area contributed by atoms with Gasteiger partial charge in [0.05, 0.1) is 19.3 Å². The molecular formula is C21H25N5O8S2. The maximum absolute atomic E-state index is 13.3. The van der Waals surface area contributed by atoms with Crippen LogP contribution in [0.5, 0.6) is 0 Å². The molecule has 6 amide bonds. The van der Waals surface area contributed by atoms with E-state index in [2.05, 4.69) is 10.6 Å². The first-order valence-electron chi connectivity index (χ1n) is 10.9. The van der Waals surface area contributed by atoms with Crippen molar-refractivity contribution in [3.8, 4) is 0 Å². The van der Waals surface area contributed by atoms with Crippen molar-refractivity contribution in [1.29, 1.82) is 0 Å². The number of aliphatic carboxylic acids is 1. The van der Waals surface area contributed by atoms with E-state index >= 15 is 0 Å². The number of sulfonamides is 1. The summed E-state index contributed by atoms with van der Waals surface area (Å²) in [4.78, 5) is 65.0. The van der Waals surface area contributed by atoms with Crippen molar-refractivity contribution < 1.29 is 37.5 Å². The van der Waals surface area contributed by atoms with Crippen LogP contribution < -0.4 is 10.6 Å². The zero-order valence-corrected chi connectivity index (χ0v) is 21.2. The predicted octanol–water partition coefficient (Wildman–Crippen LogP) is -0.234. The van der Waals surface area contributed by atoms with Gasteiger partial charge in [-0.25, -0.2) is 32.0 Å². The van der Waals surface area contributed by atoms with E-state index in [1.54, 1.807) is 44.2 Å². The number of nitrogens with one attached hydrogen (secondary N) is 2. The molecule has 3 heterocycles. The van der Waals surface area contributed by atoms with Gasteiger partial charge in [0.2, 0.25) is 21.8 Å². The maximum Gasteiger partial charge on any atom is 0.341 e. The molecule has 1 aromatic rings. The molecule has 0 radical (unpaired) electrons. The average molecular weight is 540 g/mol. The Balaban J connectivity index is 1.51. The molecule has 0 bridgehead atoms. The van der Waals surface area contributed by atoms with Gasteiger partial charge in [0.25, 0.3) is 0 Å². The Kier molecular flexibility index (Phi) is 6.41. The van der Waals surface area contributed by atoms with Gasteiger partial charge in [-0.1, -0.05) is 30.3 Å². The van der Waals surface area contributed by atoms with Crippen LogP contribution in [-0.4, -0.2) is 99.0 Å². The molecule has 4 atom stereocenters. The van der Waals surface area contributed by atoms with Crippen LogP contribution in [0.25, 0.3) is 0 Å². The smallest absolute Gasteiger partial charge is 0.341 e. The van der Waals surface area contributed by atoms with Crippen molar-refractivity contribution in [3.05, 3.63) is 35.9 Å². The van der Waals surface area contributed by atoms with Gasteiger partial charge in [-0.15, -0.1) is 11.8 Å². The number of thioether (sulfide) groups is 1. The van der Waals surface area contributed by atoms with Crippen molar-refractivity contribution in [2.45, 2.75) is 42.1 Å². The first-order chi connectivity index (χ1) is 16.7. The highest BCUT2D eigenvalue weighted by atomic mass is 32.2. The summed E-state index contributed by atoms with van der Waals surface area (Å²) in [5, 5.41) is 14.0. The van der Waals surface area contributed by atoms with Crippen molar-refractivity contribution in [3.63, 3.8) is 0 Å². The minimum absolute atomic E-state index is 0.193. The number of urea groups is 2. The summed E-state index contributed by atoms with van der Waals surface area (Å²) in [5.41, 5.74) is 0.362. The number of benzene rings is 1. The highest BCUT2D eigenvalue weighted by Crippen LogP contribution is 2.50. The molecule has 0 spiro atoms. The Bertz CT molecular complexity index is 1240. The quantitative estimate of drug-likeness (QED) is 0.413. The molecule has 1 aromatic carbocycles. The molecule has 0 aromatic heterocycles. The third kappa shape index (κ3) is 4.36. The van der Waals surface area contributed by atoms with Gasteiger partial charge in [-0.05, 0) is 19.4 Å². The molecule has 4 rings (SSSR count). The zero-order chi connectivity index (χ0) is 26.6. The van der Waals surface area contributed by atoms with Crippen LogP contribution in [0.15, 0.2) is 30.3 Å². The molecule has 3 aliphatic rings. The fourth-order valence-corrected chi connectivity index (χ4v) is 6.96. The molecule has 36 heavy (non-hydrogen) atoms. The molecule has 3 saturated heterocycles. The number of rotatable bonds is 6. The second kappa shape index (κ2) is 8.96. The van der Waals surface area contributed by atoms with Gasteiger partial charge < -0.3 is 20.6 Å². The Morgan fingerprint density at radius 2 is 1.78 bits per heavy atom. The largest absolute Gasteiger partial charge is 0.480 e. The summed E-state index contributed by atoms with van der Waals surface area (Å²) in [7, 11) is -3.87. The molecule has 3 N–H and O–H groups in total. The van der Waals surface area contributed by atoms with Crippen molar-refractivity contribution in [2.75, 3.05) is 19.3 Å². The average Bonchev–Trinajstić information content (AvgIpc) is 3.31. The Hall–Kier alpha value is -3.33. The lowest BCUT2D eigenvalue weighted by Crippen LogP contribution is -2.71. The van der Waals surface area contributed by atoms with Crippen LogP contribution in [0.1, 0.15) is 25.5 Å². The minimum atomic E-state index is -3.87. The fraction of sp³-hybridized carbons (Fsp3) is 0.476. The van der Waals surface area contributed by atoms with E-state index < -0.39 is 68.1 Å². The second-order valence-electron chi connectivity index (χ2n) is 9.15. The Morgan fingerprint density at radius 3 is 2.33 bits per heavy atom. The topological polar surface area (TPSA) is 173 Å². The third-order valence-electron chi connectivity index (χ3n) is 6.25. The number of fused-ring (bicyclic) bond motifs is 1. The van der Waals surface area contributed by atoms with Gasteiger partial charge in [-0.3, -0.25) is 9.59 Å². The molecule has 0 aliphatic carbocycles. The molecule has 15 heteroatoms. The maximum atomic E-state index is 13.3. The molecular weight excluding hydrogens is 514 g/mol. The van der Waals surface area contributed by atoms with Gasteiger partial charge in [0, 0.05) is 4.75 Å². The SMILES string of the molecule is CC1(C)S[C@@H]2[C@@H](NC(=O)[C@@H](NC(=O)N3CCN(S(C)(=O)=O)C3=O)c3ccccc3)C(=O)N2[C@H]1C(=O)O. The number of β-lactam (4-membered cyclic amide) rings is 1. The van der Waals surface area contributed by atoms with E-state index in [-0.39, 0.29) is 13.1 Å². The number of carbonyl (C=O) groups is 5. The molecule has 3 aliphatic heterocycles. The van der Waals surface area contributed by atoms with Gasteiger partial charge >= 0.3 is 18.0 Å². The monoisotopic (exact) mass is 539 g/mol. The van der Waals surface area contributed by atoms with Gasteiger partial charge in [0.15, 0.2) is 0 Å². The number of carbonyl (C=O) groups excluding carboxylic acids is 4. The molecule has 3 fully saturated rings. The Morgan fingerprint density at radius 1 is 1.14 bits per heavy atom. The van der Waals surface area contributed by atoms with E-state index in [1.165, 1.54) is 16.7 Å². The van der Waals surface area contributed by atoms with E-state index in [0.29, 0.717) is 14.8 Å². The first kappa shape index (κ1) is 25.8. The number of hydrogen-bond acceptors (Lipinski definition) is 8. The lowest BCUT2D eigenvalue weighted by atomic mass is 9.95. The van der Waals surface area contributed by atoms with Crippen LogP contribution in [0.4, 0.5) is 9.59 Å². The van der Waals surface area contributed by atoms with E-state index in [9.17, 15) is 37.5 Å². The van der Waals surface area contributed by atoms with Crippen LogP contribution >= 0.6 is 11.8 Å². The Labute approximate surface area is 211 Å². The van der Waals surface area contributed by atoms with E-state index in [1.807, 2.05) is 0 Å². The number of amides is 6. The van der Waals surface area contributed by atoms with Crippen molar-refractivity contribution >= 4 is 51.6 Å². The molecule has 0 unspecified atom stereocenters. The first-order valence-corrected chi connectivity index (χ1v) is 13.6.